The van der Waals surface area contributed by atoms with Gasteiger partial charge in [0.15, 0.2) is 0 Å². The number of esters is 1. The van der Waals surface area contributed by atoms with E-state index in [0.29, 0.717) is 35.5 Å². The molecular formula is C43H48ClN3O8. The smallest absolute Gasteiger partial charge is 0.313 e. The van der Waals surface area contributed by atoms with Gasteiger partial charge in [0.1, 0.15) is 17.7 Å². The van der Waals surface area contributed by atoms with E-state index in [1.807, 2.05) is 36.4 Å². The molecule has 3 aliphatic heterocycles. The van der Waals surface area contributed by atoms with Crippen molar-refractivity contribution in [3.8, 4) is 0 Å². The minimum Gasteiger partial charge on any atom is -0.455 e. The zero-order chi connectivity index (χ0) is 39.1. The molecule has 3 aromatic rings. The number of amides is 3. The first-order chi connectivity index (χ1) is 26.7. The van der Waals surface area contributed by atoms with E-state index in [2.05, 4.69) is 18.5 Å². The van der Waals surface area contributed by atoms with Crippen LogP contribution in [0.3, 0.4) is 0 Å². The molecule has 0 saturated carbocycles. The Morgan fingerprint density at radius 1 is 1.05 bits per heavy atom. The van der Waals surface area contributed by atoms with Crippen molar-refractivity contribution >= 4 is 41.0 Å². The predicted molar refractivity (Wildman–Crippen MR) is 208 cm³/mol. The lowest BCUT2D eigenvalue weighted by Gasteiger charge is -2.39. The maximum atomic E-state index is 15.1. The third-order valence-electron chi connectivity index (χ3n) is 10.9. The Morgan fingerprint density at radius 2 is 1.75 bits per heavy atom. The number of hydrogen-bond donors (Lipinski definition) is 2. The van der Waals surface area contributed by atoms with Gasteiger partial charge in [-0.15, -0.1) is 13.2 Å². The Bertz CT molecular complexity index is 1840. The first-order valence-electron chi connectivity index (χ1n) is 18.6. The summed E-state index contributed by atoms with van der Waals surface area (Å²) in [5.41, 5.74) is 0.644. The molecule has 3 amide bonds. The van der Waals surface area contributed by atoms with Crippen LogP contribution in [-0.2, 0) is 39.8 Å². The van der Waals surface area contributed by atoms with Gasteiger partial charge in [-0.1, -0.05) is 84.4 Å². The maximum absolute atomic E-state index is 15.1. The van der Waals surface area contributed by atoms with Crippen LogP contribution >= 0.6 is 11.6 Å². The summed E-state index contributed by atoms with van der Waals surface area (Å²) in [5.74, 6) is -3.97. The number of nitrogens with one attached hydrogen (secondary N) is 1. The van der Waals surface area contributed by atoms with Gasteiger partial charge in [0, 0.05) is 30.8 Å². The van der Waals surface area contributed by atoms with Gasteiger partial charge in [0.25, 0.3) is 5.91 Å². The van der Waals surface area contributed by atoms with Crippen molar-refractivity contribution < 1.29 is 38.5 Å². The summed E-state index contributed by atoms with van der Waals surface area (Å²) in [6.45, 7) is 7.30. The highest BCUT2D eigenvalue weighted by atomic mass is 35.5. The van der Waals surface area contributed by atoms with Crippen molar-refractivity contribution in [1.29, 1.82) is 0 Å². The van der Waals surface area contributed by atoms with Crippen LogP contribution in [-0.4, -0.2) is 90.4 Å². The van der Waals surface area contributed by atoms with E-state index in [4.69, 9.17) is 25.8 Å². The first-order valence-corrected chi connectivity index (χ1v) is 19.0. The van der Waals surface area contributed by atoms with Gasteiger partial charge < -0.3 is 34.4 Å². The Kier molecular flexibility index (Phi) is 12.9. The van der Waals surface area contributed by atoms with Crippen molar-refractivity contribution in [3.63, 3.8) is 0 Å². The number of likely N-dealkylation sites (tertiary alicyclic amines) is 1. The molecule has 0 aliphatic carbocycles. The molecule has 3 heterocycles. The molecule has 55 heavy (non-hydrogen) atoms. The van der Waals surface area contributed by atoms with Crippen molar-refractivity contribution in [2.24, 2.45) is 11.8 Å². The average molecular weight is 770 g/mol. The Labute approximate surface area is 326 Å². The van der Waals surface area contributed by atoms with Gasteiger partial charge in [-0.25, -0.2) is 0 Å². The molecule has 2 N–H and O–H groups in total. The number of carbonyl (C=O) groups excluding carboxylic acids is 4. The molecule has 3 saturated heterocycles. The number of nitrogens with zero attached hydrogens (tertiary/aromatic N) is 2. The number of rotatable bonds is 18. The molecule has 0 aromatic heterocycles. The third kappa shape index (κ3) is 8.11. The van der Waals surface area contributed by atoms with E-state index in [1.165, 1.54) is 16.9 Å². The summed E-state index contributed by atoms with van der Waals surface area (Å²) in [7, 11) is 1.50. The van der Waals surface area contributed by atoms with Crippen molar-refractivity contribution in [3.05, 3.63) is 126 Å². The van der Waals surface area contributed by atoms with E-state index in [0.717, 1.165) is 5.56 Å². The molecular weight excluding hydrogens is 722 g/mol. The number of methoxy groups -OCH3 is 1. The predicted octanol–water partition coefficient (Wildman–Crippen LogP) is 5.22. The van der Waals surface area contributed by atoms with Crippen LogP contribution in [0.4, 0.5) is 5.69 Å². The molecule has 3 aliphatic rings. The fourth-order valence-corrected chi connectivity index (χ4v) is 8.64. The molecule has 0 radical (unpaired) electrons. The lowest BCUT2D eigenvalue weighted by atomic mass is 9.70. The Morgan fingerprint density at radius 3 is 2.38 bits per heavy atom. The van der Waals surface area contributed by atoms with E-state index < -0.39 is 72.2 Å². The largest absolute Gasteiger partial charge is 0.455 e. The Hall–Kier alpha value is -4.81. The van der Waals surface area contributed by atoms with E-state index >= 15 is 9.59 Å². The lowest BCUT2D eigenvalue weighted by Crippen LogP contribution is -2.59. The Balaban J connectivity index is 1.39. The van der Waals surface area contributed by atoms with Crippen molar-refractivity contribution in [2.45, 2.75) is 68.0 Å². The SMILES string of the molecule is C=CCCC(=O)N[C@@H](COC)[C@@H](OC(=O)[C@@H]1[C@H]2C(=O)N([C@@H](CO)Cc3ccccc3)[C@H](C(=O)N(CC=C)c3ccc(Cl)cc3)[C@]23CC[C@H]1O3)c1ccccc1. The quantitative estimate of drug-likeness (QED) is 0.133. The number of anilines is 1. The highest BCUT2D eigenvalue weighted by molar-refractivity contribution is 6.30. The summed E-state index contributed by atoms with van der Waals surface area (Å²) in [4.78, 5) is 60.7. The molecule has 3 fully saturated rings. The fraction of sp³-hybridized carbons (Fsp3) is 0.395. The lowest BCUT2D eigenvalue weighted by molar-refractivity contribution is -0.163. The highest BCUT2D eigenvalue weighted by Gasteiger charge is 2.75. The van der Waals surface area contributed by atoms with E-state index in [-0.39, 0.29) is 31.9 Å². The number of ether oxygens (including phenoxy) is 3. The zero-order valence-corrected chi connectivity index (χ0v) is 31.7. The van der Waals surface area contributed by atoms with Crippen LogP contribution in [0, 0.1) is 11.8 Å². The monoisotopic (exact) mass is 769 g/mol. The minimum atomic E-state index is -1.38. The highest BCUT2D eigenvalue weighted by Crippen LogP contribution is 2.59. The second-order valence-electron chi connectivity index (χ2n) is 14.3. The number of halogens is 1. The van der Waals surface area contributed by atoms with Crippen LogP contribution in [0.2, 0.25) is 5.02 Å². The number of carbonyl (C=O) groups is 4. The van der Waals surface area contributed by atoms with Crippen LogP contribution < -0.4 is 10.2 Å². The standard InChI is InChI=1S/C43H48ClN3O8/c1-4-6-17-35(49)45-33(27-53-3)38(29-15-11-8-12-16-29)54-42(52)36-34-22-23-43(55-34)37(36)40(50)47(32(26-48)25-28-13-9-7-10-14-28)39(43)41(51)46(24-5-2)31-20-18-30(44)19-21-31/h4-5,7-16,18-21,32-34,36-39,48H,1-2,6,17,22-27H2,3H3,(H,45,49)/t32-,33+,34-,36+,37+,38+,39-,43+/m1/s1. The first kappa shape index (κ1) is 39.9. The van der Waals surface area contributed by atoms with Gasteiger partial charge >= 0.3 is 5.97 Å². The second-order valence-corrected chi connectivity index (χ2v) is 14.7. The zero-order valence-electron chi connectivity index (χ0n) is 30.9. The minimum absolute atomic E-state index is 0.0371. The van der Waals surface area contributed by atoms with Crippen molar-refractivity contribution in [2.75, 3.05) is 31.8 Å². The van der Waals surface area contributed by atoms with Gasteiger partial charge in [0.2, 0.25) is 11.8 Å². The average Bonchev–Trinajstić information content (AvgIpc) is 3.85. The van der Waals surface area contributed by atoms with Crippen LogP contribution in [0.15, 0.2) is 110 Å². The van der Waals surface area contributed by atoms with E-state index in [9.17, 15) is 14.7 Å². The number of allylic oxidation sites excluding steroid dienone is 1. The molecule has 8 atom stereocenters. The maximum Gasteiger partial charge on any atom is 0.313 e. The van der Waals surface area contributed by atoms with Gasteiger partial charge in [-0.3, -0.25) is 19.2 Å². The summed E-state index contributed by atoms with van der Waals surface area (Å²) in [5, 5.41) is 14.4. The molecule has 1 spiro atoms. The molecule has 3 aromatic carbocycles. The second kappa shape index (κ2) is 17.8. The third-order valence-corrected chi connectivity index (χ3v) is 11.1. The topological polar surface area (TPSA) is 135 Å². The van der Waals surface area contributed by atoms with Gasteiger partial charge in [0.05, 0.1) is 43.2 Å². The molecule has 12 heteroatoms. The fourth-order valence-electron chi connectivity index (χ4n) is 8.51. The number of fused-ring (bicyclic) bond motifs is 1. The number of benzene rings is 3. The van der Waals surface area contributed by atoms with Crippen molar-refractivity contribution in [1.82, 2.24) is 10.2 Å². The number of hydrogen-bond acceptors (Lipinski definition) is 8. The molecule has 2 bridgehead atoms. The summed E-state index contributed by atoms with van der Waals surface area (Å²) >= 11 is 6.21. The van der Waals surface area contributed by atoms with Gasteiger partial charge in [-0.2, -0.15) is 0 Å². The molecule has 11 nitrogen and oxygen atoms in total. The summed E-state index contributed by atoms with van der Waals surface area (Å²) in [6.07, 6.45) is 3.23. The van der Waals surface area contributed by atoms with Crippen LogP contribution in [0.1, 0.15) is 42.9 Å². The summed E-state index contributed by atoms with van der Waals surface area (Å²) in [6, 6.07) is 22.5. The van der Waals surface area contributed by atoms with E-state index in [1.54, 1.807) is 60.7 Å². The number of aliphatic hydroxyl groups excluding tert-OH is 1. The molecule has 6 rings (SSSR count). The molecule has 290 valence electrons. The number of aliphatic hydroxyl groups is 1. The van der Waals surface area contributed by atoms with Gasteiger partial charge in [-0.05, 0) is 61.1 Å². The van der Waals surface area contributed by atoms with Crippen LogP contribution in [0.5, 0.6) is 0 Å². The summed E-state index contributed by atoms with van der Waals surface area (Å²) < 4.78 is 18.6. The molecule has 0 unspecified atom stereocenters. The normalized spacial score (nSPS) is 24.1. The van der Waals surface area contributed by atoms with Crippen LogP contribution in [0.25, 0.3) is 0 Å².